The number of ether oxygens (including phenoxy) is 1. The first kappa shape index (κ1) is 37.6. The standard InChI is InChI=1S/C35H23Br2Cl2F5N2O7/c1-53-18-10-16(21(36)22(37)29(18)48)20-14-6-7-15-19(31(50)45(30(15)49)9-8-12-2-4-13(47)5-3-12)17(14)11-34(38)32(51)46(33(52)35(20,34)39)28-26(43)24(41)23(40)25(42)27(28)44/h2-6,10,15,17,19-20,47-48H,7-9,11H2,1H3/t15-,17+,19-,20+,34+,35-/m0/s1. The van der Waals surface area contributed by atoms with Crippen molar-refractivity contribution in [2.24, 2.45) is 17.8 Å². The monoisotopic (exact) mass is 906 g/mol. The van der Waals surface area contributed by atoms with Gasteiger partial charge in [0.15, 0.2) is 44.5 Å². The van der Waals surface area contributed by atoms with Gasteiger partial charge in [0.25, 0.3) is 11.8 Å². The molecule has 2 saturated heterocycles. The molecule has 4 aliphatic rings. The molecule has 0 radical (unpaired) electrons. The summed E-state index contributed by atoms with van der Waals surface area (Å²) >= 11 is 21.0. The Morgan fingerprint density at radius 3 is 2.08 bits per heavy atom. The summed E-state index contributed by atoms with van der Waals surface area (Å²) in [6, 6.07) is 7.39. The number of halogens is 9. The van der Waals surface area contributed by atoms with Crippen LogP contribution >= 0.6 is 55.1 Å². The fourth-order valence-corrected chi connectivity index (χ4v) is 9.96. The average Bonchev–Trinajstić information content (AvgIpc) is 3.46. The van der Waals surface area contributed by atoms with E-state index >= 15 is 8.78 Å². The van der Waals surface area contributed by atoms with Crippen molar-refractivity contribution < 1.29 is 56.1 Å². The number of likely N-dealkylation sites (tertiary alicyclic amines) is 1. The van der Waals surface area contributed by atoms with Crippen LogP contribution in [-0.4, -0.2) is 62.1 Å². The van der Waals surface area contributed by atoms with Gasteiger partial charge < -0.3 is 14.9 Å². The predicted molar refractivity (Wildman–Crippen MR) is 185 cm³/mol. The molecule has 1 saturated carbocycles. The smallest absolute Gasteiger partial charge is 0.258 e. The Morgan fingerprint density at radius 2 is 1.47 bits per heavy atom. The molecule has 53 heavy (non-hydrogen) atoms. The minimum Gasteiger partial charge on any atom is -0.508 e. The number of imide groups is 2. The van der Waals surface area contributed by atoms with Crippen LogP contribution in [-0.2, 0) is 25.6 Å². The highest BCUT2D eigenvalue weighted by Gasteiger charge is 2.77. The summed E-state index contributed by atoms with van der Waals surface area (Å²) in [5.41, 5.74) is -0.945. The van der Waals surface area contributed by atoms with Crippen molar-refractivity contribution in [3.63, 3.8) is 0 Å². The molecule has 0 unspecified atom stereocenters. The second-order valence-electron chi connectivity index (χ2n) is 13.1. The van der Waals surface area contributed by atoms with Gasteiger partial charge >= 0.3 is 0 Å². The van der Waals surface area contributed by atoms with Crippen LogP contribution in [0.1, 0.15) is 29.9 Å². The molecule has 278 valence electrons. The van der Waals surface area contributed by atoms with Gasteiger partial charge in [-0.05, 0) is 86.4 Å². The highest BCUT2D eigenvalue weighted by Crippen LogP contribution is 2.67. The summed E-state index contributed by atoms with van der Waals surface area (Å²) in [6.45, 7) is -0.0501. The number of benzene rings is 3. The third-order valence-electron chi connectivity index (χ3n) is 10.6. The second-order valence-corrected chi connectivity index (χ2v) is 15.9. The van der Waals surface area contributed by atoms with Gasteiger partial charge in [-0.1, -0.05) is 23.8 Å². The second kappa shape index (κ2) is 12.9. The molecule has 2 heterocycles. The van der Waals surface area contributed by atoms with E-state index in [9.17, 15) is 42.6 Å². The molecule has 7 rings (SSSR count). The number of carbonyl (C=O) groups excluding carboxylic acids is 4. The number of allylic oxidation sites excluding steroid dienone is 2. The average molecular weight is 909 g/mol. The Hall–Kier alpha value is -3.73. The summed E-state index contributed by atoms with van der Waals surface area (Å²) in [6.07, 6.45) is 1.07. The third-order valence-corrected chi connectivity index (χ3v) is 14.1. The lowest BCUT2D eigenvalue weighted by Gasteiger charge is -2.51. The highest BCUT2D eigenvalue weighted by molar-refractivity contribution is 9.13. The molecule has 3 aromatic rings. The van der Waals surface area contributed by atoms with Crippen LogP contribution in [0, 0.1) is 46.8 Å². The Balaban J connectivity index is 1.40. The van der Waals surface area contributed by atoms with Crippen LogP contribution < -0.4 is 9.64 Å². The maximum atomic E-state index is 15.3. The minimum atomic E-state index is -2.77. The summed E-state index contributed by atoms with van der Waals surface area (Å²) in [7, 11) is 1.21. The number of aromatic hydroxyl groups is 2. The molecule has 9 nitrogen and oxygen atoms in total. The van der Waals surface area contributed by atoms with E-state index in [0.717, 1.165) is 4.90 Å². The van der Waals surface area contributed by atoms with Gasteiger partial charge in [0.05, 0.1) is 23.4 Å². The molecular formula is C35H23Br2Cl2F5N2O7. The summed E-state index contributed by atoms with van der Waals surface area (Å²) in [5, 5.41) is 20.4. The first-order chi connectivity index (χ1) is 24.9. The summed E-state index contributed by atoms with van der Waals surface area (Å²) in [4.78, 5) is 52.2. The van der Waals surface area contributed by atoms with E-state index in [1.165, 1.54) is 25.3 Å². The van der Waals surface area contributed by atoms with E-state index in [1.807, 2.05) is 0 Å². The van der Waals surface area contributed by atoms with Gasteiger partial charge in [-0.15, -0.1) is 23.2 Å². The number of fused-ring (bicyclic) bond motifs is 4. The van der Waals surface area contributed by atoms with Crippen LogP contribution in [0.3, 0.4) is 0 Å². The number of carbonyl (C=O) groups is 4. The number of phenols is 2. The molecule has 2 N–H and O–H groups in total. The van der Waals surface area contributed by atoms with Crippen molar-refractivity contribution >= 4 is 84.4 Å². The topological polar surface area (TPSA) is 124 Å². The molecule has 2 aliphatic heterocycles. The SMILES string of the molecule is COc1cc([C@H]2C3=CC[C@@H]4C(=O)N(CCc5ccc(O)cc5)C(=O)[C@@H]4[C@@H]3C[C@@]3(Cl)C(=O)N(c4c(F)c(F)c(F)c(F)c4F)C(=O)[C@@]23Cl)c(Br)c(Br)c1O. The van der Waals surface area contributed by atoms with Gasteiger partial charge in [-0.3, -0.25) is 24.1 Å². The van der Waals surface area contributed by atoms with Crippen molar-refractivity contribution in [1.82, 2.24) is 4.90 Å². The predicted octanol–water partition coefficient (Wildman–Crippen LogP) is 7.13. The first-order valence-corrected chi connectivity index (χ1v) is 18.1. The van der Waals surface area contributed by atoms with E-state index in [4.69, 9.17) is 27.9 Å². The largest absolute Gasteiger partial charge is 0.508 e. The maximum absolute atomic E-state index is 15.3. The summed E-state index contributed by atoms with van der Waals surface area (Å²) < 4.78 is 79.1. The van der Waals surface area contributed by atoms with Crippen LogP contribution in [0.15, 0.2) is 50.9 Å². The van der Waals surface area contributed by atoms with Gasteiger partial charge in [0, 0.05) is 16.9 Å². The van der Waals surface area contributed by atoms with Crippen LogP contribution in [0.4, 0.5) is 27.6 Å². The van der Waals surface area contributed by atoms with Gasteiger partial charge in [-0.25, -0.2) is 26.9 Å². The van der Waals surface area contributed by atoms with Gasteiger partial charge in [0.2, 0.25) is 17.6 Å². The maximum Gasteiger partial charge on any atom is 0.258 e. The Labute approximate surface area is 323 Å². The number of alkyl halides is 2. The molecule has 0 bridgehead atoms. The number of methoxy groups -OCH3 is 1. The van der Waals surface area contributed by atoms with Gasteiger partial charge in [0.1, 0.15) is 11.4 Å². The zero-order valence-corrected chi connectivity index (χ0v) is 31.5. The van der Waals surface area contributed by atoms with Gasteiger partial charge in [-0.2, -0.15) is 0 Å². The first-order valence-electron chi connectivity index (χ1n) is 15.8. The van der Waals surface area contributed by atoms with E-state index in [-0.39, 0.29) is 55.9 Å². The number of hydrogen-bond acceptors (Lipinski definition) is 7. The molecule has 0 spiro atoms. The Morgan fingerprint density at radius 1 is 0.868 bits per heavy atom. The highest BCUT2D eigenvalue weighted by atomic mass is 79.9. The normalized spacial score (nSPS) is 27.9. The number of nitrogens with zero attached hydrogens (tertiary/aromatic N) is 2. The zero-order valence-electron chi connectivity index (χ0n) is 26.8. The number of amides is 4. The molecular weight excluding hydrogens is 886 g/mol. The van der Waals surface area contributed by atoms with Crippen molar-refractivity contribution in [2.45, 2.75) is 34.9 Å². The minimum absolute atomic E-state index is 0.0160. The Kier molecular flexibility index (Phi) is 9.18. The van der Waals surface area contributed by atoms with E-state index in [0.29, 0.717) is 5.56 Å². The Bertz CT molecular complexity index is 2180. The number of phenolic OH excluding ortho intramolecular Hbond substituents is 2. The molecule has 6 atom stereocenters. The number of rotatable bonds is 6. The molecule has 3 fully saturated rings. The molecule has 3 aromatic carbocycles. The van der Waals surface area contributed by atoms with Crippen molar-refractivity contribution in [2.75, 3.05) is 18.6 Å². The van der Waals surface area contributed by atoms with E-state index in [1.54, 1.807) is 18.2 Å². The fourth-order valence-electron chi connectivity index (χ4n) is 8.08. The van der Waals surface area contributed by atoms with Crippen molar-refractivity contribution in [1.29, 1.82) is 0 Å². The molecule has 18 heteroatoms. The van der Waals surface area contributed by atoms with Crippen LogP contribution in [0.25, 0.3) is 0 Å². The zero-order chi connectivity index (χ0) is 38.6. The molecule has 0 aromatic heterocycles. The fraction of sp³-hybridized carbons (Fsp3) is 0.314. The van der Waals surface area contributed by atoms with Crippen LogP contribution in [0.5, 0.6) is 17.2 Å². The van der Waals surface area contributed by atoms with E-state index in [2.05, 4.69) is 31.9 Å². The van der Waals surface area contributed by atoms with Crippen LogP contribution in [0.2, 0.25) is 0 Å². The van der Waals surface area contributed by atoms with Crippen molar-refractivity contribution in [3.05, 3.63) is 91.1 Å². The van der Waals surface area contributed by atoms with E-state index < -0.39 is 104 Å². The lowest BCUT2D eigenvalue weighted by atomic mass is 9.56. The quantitative estimate of drug-likeness (QED) is 0.0674. The van der Waals surface area contributed by atoms with Crippen molar-refractivity contribution in [3.8, 4) is 17.2 Å². The summed E-state index contributed by atoms with van der Waals surface area (Å²) in [5.74, 6) is -22.2. The molecule has 4 amide bonds. The lowest BCUT2D eigenvalue weighted by molar-refractivity contribution is -0.140. The third kappa shape index (κ3) is 5.11. The number of anilines is 1. The molecule has 2 aliphatic carbocycles. The number of hydrogen-bond donors (Lipinski definition) is 2. The lowest BCUT2D eigenvalue weighted by Crippen LogP contribution is -2.60.